The minimum atomic E-state index is -0.243. The number of carbonyl (C=O) groups is 1. The maximum absolute atomic E-state index is 12.8. The quantitative estimate of drug-likeness (QED) is 0.764. The number of amides is 1. The van der Waals surface area contributed by atoms with Crippen LogP contribution in [0.1, 0.15) is 47.9 Å². The van der Waals surface area contributed by atoms with E-state index >= 15 is 0 Å². The molecule has 1 atom stereocenters. The van der Waals surface area contributed by atoms with E-state index < -0.39 is 0 Å². The Bertz CT molecular complexity index is 930. The van der Waals surface area contributed by atoms with Gasteiger partial charge in [-0.1, -0.05) is 6.92 Å². The Morgan fingerprint density at radius 1 is 1.40 bits per heavy atom. The Balaban J connectivity index is 1.62. The summed E-state index contributed by atoms with van der Waals surface area (Å²) in [5.74, 6) is 1.80. The summed E-state index contributed by atoms with van der Waals surface area (Å²) in [6.45, 7) is 2.86. The van der Waals surface area contributed by atoms with Gasteiger partial charge in [0.15, 0.2) is 17.2 Å². The Hall–Kier alpha value is -2.97. The lowest BCUT2D eigenvalue weighted by molar-refractivity contribution is 0.0920. The van der Waals surface area contributed by atoms with Crippen LogP contribution < -0.4 is 10.1 Å². The van der Waals surface area contributed by atoms with Crippen molar-refractivity contribution in [3.05, 3.63) is 35.7 Å². The van der Waals surface area contributed by atoms with Crippen LogP contribution in [0.25, 0.3) is 5.65 Å². The highest BCUT2D eigenvalue weighted by molar-refractivity contribution is 5.93. The number of ether oxygens (including phenoxy) is 1. The molecule has 0 aromatic carbocycles. The molecule has 1 amide bonds. The zero-order valence-corrected chi connectivity index (χ0v) is 14.1. The summed E-state index contributed by atoms with van der Waals surface area (Å²) in [6.07, 6.45) is 4.07. The minimum absolute atomic E-state index is 0.162. The van der Waals surface area contributed by atoms with Crippen LogP contribution in [0.3, 0.4) is 0 Å². The predicted octanol–water partition coefficient (Wildman–Crippen LogP) is 1.16. The first-order valence-electron chi connectivity index (χ1n) is 8.33. The number of aromatic nitrogens is 6. The SMILES string of the molecule is CCc1nc2n(n1)CCC[C@H]2NC(=O)c1cnc2ccc(OC)nn12. The first-order valence-corrected chi connectivity index (χ1v) is 8.33. The number of nitrogens with one attached hydrogen (secondary N) is 1. The van der Waals surface area contributed by atoms with Crippen LogP contribution >= 0.6 is 0 Å². The highest BCUT2D eigenvalue weighted by Gasteiger charge is 2.27. The van der Waals surface area contributed by atoms with E-state index in [1.54, 1.807) is 12.1 Å². The second kappa shape index (κ2) is 6.15. The van der Waals surface area contributed by atoms with Crippen LogP contribution in [-0.2, 0) is 13.0 Å². The van der Waals surface area contributed by atoms with Gasteiger partial charge in [-0.2, -0.15) is 5.10 Å². The van der Waals surface area contributed by atoms with Crippen LogP contribution in [0, 0.1) is 0 Å². The largest absolute Gasteiger partial charge is 0.480 e. The molecular formula is C16H19N7O2. The molecule has 4 rings (SSSR count). The summed E-state index contributed by atoms with van der Waals surface area (Å²) < 4.78 is 8.50. The molecule has 3 aromatic rings. The van der Waals surface area contributed by atoms with Crippen molar-refractivity contribution in [3.8, 4) is 5.88 Å². The van der Waals surface area contributed by atoms with Gasteiger partial charge in [0.05, 0.1) is 19.3 Å². The maximum Gasteiger partial charge on any atom is 0.272 e. The van der Waals surface area contributed by atoms with Crippen molar-refractivity contribution < 1.29 is 9.53 Å². The molecule has 9 nitrogen and oxygen atoms in total. The van der Waals surface area contributed by atoms with Gasteiger partial charge in [-0.25, -0.2) is 19.2 Å². The normalized spacial score (nSPS) is 16.6. The molecular weight excluding hydrogens is 322 g/mol. The summed E-state index contributed by atoms with van der Waals surface area (Å²) >= 11 is 0. The molecule has 9 heteroatoms. The average molecular weight is 341 g/mol. The third-order valence-electron chi connectivity index (χ3n) is 4.32. The second-order valence-corrected chi connectivity index (χ2v) is 5.92. The zero-order valence-electron chi connectivity index (χ0n) is 14.1. The molecule has 0 saturated carbocycles. The molecule has 0 bridgehead atoms. The van der Waals surface area contributed by atoms with E-state index in [1.165, 1.54) is 17.8 Å². The number of hydrogen-bond donors (Lipinski definition) is 1. The Kier molecular flexibility index (Phi) is 3.83. The molecule has 3 aromatic heterocycles. The van der Waals surface area contributed by atoms with E-state index in [4.69, 9.17) is 4.74 Å². The van der Waals surface area contributed by atoms with E-state index in [0.717, 1.165) is 37.5 Å². The predicted molar refractivity (Wildman–Crippen MR) is 88.4 cm³/mol. The first-order chi connectivity index (χ1) is 12.2. The van der Waals surface area contributed by atoms with Crippen LogP contribution in [0.2, 0.25) is 0 Å². The molecule has 0 saturated heterocycles. The number of fused-ring (bicyclic) bond motifs is 2. The molecule has 0 spiro atoms. The van der Waals surface area contributed by atoms with Crippen molar-refractivity contribution >= 4 is 11.6 Å². The Labute approximate surface area is 144 Å². The molecule has 1 aliphatic rings. The zero-order chi connectivity index (χ0) is 17.4. The van der Waals surface area contributed by atoms with Crippen molar-refractivity contribution in [1.29, 1.82) is 0 Å². The summed E-state index contributed by atoms with van der Waals surface area (Å²) in [5.41, 5.74) is 0.951. The van der Waals surface area contributed by atoms with E-state index in [2.05, 4.69) is 25.5 Å². The van der Waals surface area contributed by atoms with Crippen LogP contribution in [-0.4, -0.2) is 42.4 Å². The molecule has 0 aliphatic carbocycles. The van der Waals surface area contributed by atoms with Crippen LogP contribution in [0.4, 0.5) is 0 Å². The van der Waals surface area contributed by atoms with E-state index in [1.807, 2.05) is 11.6 Å². The van der Waals surface area contributed by atoms with E-state index in [0.29, 0.717) is 17.2 Å². The van der Waals surface area contributed by atoms with Crippen molar-refractivity contribution in [3.63, 3.8) is 0 Å². The summed E-state index contributed by atoms with van der Waals surface area (Å²) in [7, 11) is 1.53. The number of nitrogens with zero attached hydrogens (tertiary/aromatic N) is 6. The van der Waals surface area contributed by atoms with Crippen LogP contribution in [0.5, 0.6) is 5.88 Å². The first kappa shape index (κ1) is 15.6. The van der Waals surface area contributed by atoms with Gasteiger partial charge in [0, 0.05) is 19.0 Å². The summed E-state index contributed by atoms with van der Waals surface area (Å²) in [6, 6.07) is 3.30. The van der Waals surface area contributed by atoms with Gasteiger partial charge in [0.25, 0.3) is 5.91 Å². The lowest BCUT2D eigenvalue weighted by atomic mass is 10.1. The molecule has 130 valence electrons. The number of imidazole rings is 1. The van der Waals surface area contributed by atoms with Crippen molar-refractivity contribution in [2.45, 2.75) is 38.8 Å². The van der Waals surface area contributed by atoms with Gasteiger partial charge < -0.3 is 10.1 Å². The third-order valence-corrected chi connectivity index (χ3v) is 4.32. The summed E-state index contributed by atoms with van der Waals surface area (Å²) in [5, 5.41) is 11.8. The summed E-state index contributed by atoms with van der Waals surface area (Å²) in [4.78, 5) is 21.5. The number of rotatable bonds is 4. The molecule has 0 radical (unpaired) electrons. The topological polar surface area (TPSA) is 99.2 Å². The van der Waals surface area contributed by atoms with Crippen molar-refractivity contribution in [2.75, 3.05) is 7.11 Å². The van der Waals surface area contributed by atoms with Crippen molar-refractivity contribution in [2.24, 2.45) is 0 Å². The van der Waals surface area contributed by atoms with Gasteiger partial charge in [-0.05, 0) is 18.9 Å². The minimum Gasteiger partial charge on any atom is -0.480 e. The van der Waals surface area contributed by atoms with Gasteiger partial charge in [0.2, 0.25) is 5.88 Å². The lowest BCUT2D eigenvalue weighted by Gasteiger charge is -2.22. The van der Waals surface area contributed by atoms with Gasteiger partial charge in [0.1, 0.15) is 5.82 Å². The van der Waals surface area contributed by atoms with E-state index in [-0.39, 0.29) is 11.9 Å². The molecule has 25 heavy (non-hydrogen) atoms. The van der Waals surface area contributed by atoms with E-state index in [9.17, 15) is 4.79 Å². The lowest BCUT2D eigenvalue weighted by Crippen LogP contribution is -2.34. The smallest absolute Gasteiger partial charge is 0.272 e. The van der Waals surface area contributed by atoms with Gasteiger partial charge in [-0.3, -0.25) is 4.79 Å². The monoisotopic (exact) mass is 341 g/mol. The Morgan fingerprint density at radius 3 is 3.08 bits per heavy atom. The fourth-order valence-electron chi connectivity index (χ4n) is 3.04. The van der Waals surface area contributed by atoms with Crippen molar-refractivity contribution in [1.82, 2.24) is 34.7 Å². The number of methoxy groups -OCH3 is 1. The molecule has 1 aliphatic heterocycles. The second-order valence-electron chi connectivity index (χ2n) is 5.92. The Morgan fingerprint density at radius 2 is 2.28 bits per heavy atom. The fraction of sp³-hybridized carbons (Fsp3) is 0.438. The highest BCUT2D eigenvalue weighted by Crippen LogP contribution is 2.23. The number of hydrogen-bond acceptors (Lipinski definition) is 6. The molecule has 0 unspecified atom stereocenters. The fourth-order valence-corrected chi connectivity index (χ4v) is 3.04. The van der Waals surface area contributed by atoms with Gasteiger partial charge >= 0.3 is 0 Å². The highest BCUT2D eigenvalue weighted by atomic mass is 16.5. The third kappa shape index (κ3) is 2.71. The average Bonchev–Trinajstić information content (AvgIpc) is 3.25. The molecule has 1 N–H and O–H groups in total. The maximum atomic E-state index is 12.8. The van der Waals surface area contributed by atoms with Crippen LogP contribution in [0.15, 0.2) is 18.3 Å². The van der Waals surface area contributed by atoms with Gasteiger partial charge in [-0.15, -0.1) is 5.10 Å². The number of aryl methyl sites for hydroxylation is 2. The standard InChI is InChI=1S/C16H19N7O2/c1-3-12-19-15-10(5-4-8-22(15)20-12)18-16(24)11-9-17-13-6-7-14(25-2)21-23(11)13/h6-7,9-10H,3-5,8H2,1-2H3,(H,18,24)/t10-/m1/s1. The molecule has 0 fully saturated rings. The molecule has 4 heterocycles. The number of carbonyl (C=O) groups excluding carboxylic acids is 1.